The maximum absolute atomic E-state index is 14.5. The highest BCUT2D eigenvalue weighted by Gasteiger charge is 2.40. The van der Waals surface area contributed by atoms with Gasteiger partial charge in [-0.05, 0) is 11.8 Å². The smallest absolute Gasteiger partial charge is 0.128 e. The largest absolute Gasteiger partial charge is 0.328 e. The minimum absolute atomic E-state index is 0.145. The van der Waals surface area contributed by atoms with Gasteiger partial charge in [-0.3, -0.25) is 0 Å². The van der Waals surface area contributed by atoms with E-state index in [0.29, 0.717) is 6.42 Å². The summed E-state index contributed by atoms with van der Waals surface area (Å²) in [6.45, 7) is 8.21. The molecule has 0 amide bonds. The maximum Gasteiger partial charge on any atom is 0.128 e. The average Bonchev–Trinajstić information content (AvgIpc) is 2.26. The molecule has 0 heterocycles. The van der Waals surface area contributed by atoms with Gasteiger partial charge >= 0.3 is 0 Å². The van der Waals surface area contributed by atoms with E-state index in [4.69, 9.17) is 5.73 Å². The molecule has 0 bridgehead atoms. The normalized spacial score (nSPS) is 15.9. The highest BCUT2D eigenvalue weighted by Crippen LogP contribution is 2.37. The van der Waals surface area contributed by atoms with E-state index in [9.17, 15) is 4.39 Å². The fourth-order valence-corrected chi connectivity index (χ4v) is 2.15. The Morgan fingerprint density at radius 2 is 1.35 bits per heavy atom. The quantitative estimate of drug-likeness (QED) is 0.578. The molecule has 0 fully saturated rings. The lowest BCUT2D eigenvalue weighted by molar-refractivity contribution is 0.0267. The Labute approximate surface area is 107 Å². The van der Waals surface area contributed by atoms with Crippen molar-refractivity contribution in [2.45, 2.75) is 84.7 Å². The molecular formula is C15H32FN. The zero-order chi connectivity index (χ0) is 13.4. The number of hydrogen-bond donors (Lipinski definition) is 1. The average molecular weight is 245 g/mol. The van der Waals surface area contributed by atoms with Crippen molar-refractivity contribution >= 4 is 0 Å². The Balaban J connectivity index is 3.71. The summed E-state index contributed by atoms with van der Waals surface area (Å²) < 4.78 is 14.5. The van der Waals surface area contributed by atoms with Crippen LogP contribution in [0.1, 0.15) is 79.1 Å². The molecule has 0 saturated heterocycles. The van der Waals surface area contributed by atoms with Gasteiger partial charge in [0, 0.05) is 6.54 Å². The SMILES string of the molecule is CCCCCCCCCC(F)(CN)C(C)(C)C. The maximum atomic E-state index is 14.5. The van der Waals surface area contributed by atoms with E-state index >= 15 is 0 Å². The third-order valence-electron chi connectivity index (χ3n) is 3.84. The summed E-state index contributed by atoms with van der Waals surface area (Å²) in [4.78, 5) is 0. The van der Waals surface area contributed by atoms with Crippen LogP contribution in [0.2, 0.25) is 0 Å². The van der Waals surface area contributed by atoms with E-state index in [1.165, 1.54) is 32.1 Å². The summed E-state index contributed by atoms with van der Waals surface area (Å²) in [5.41, 5.74) is 4.06. The summed E-state index contributed by atoms with van der Waals surface area (Å²) in [6, 6.07) is 0. The van der Waals surface area contributed by atoms with Crippen molar-refractivity contribution in [2.24, 2.45) is 11.1 Å². The van der Waals surface area contributed by atoms with Crippen LogP contribution in [0.3, 0.4) is 0 Å². The summed E-state index contributed by atoms with van der Waals surface area (Å²) >= 11 is 0. The number of rotatable bonds is 9. The Morgan fingerprint density at radius 3 is 1.76 bits per heavy atom. The van der Waals surface area contributed by atoms with Crippen molar-refractivity contribution in [3.8, 4) is 0 Å². The molecule has 0 spiro atoms. The Hall–Kier alpha value is -0.110. The van der Waals surface area contributed by atoms with Crippen molar-refractivity contribution in [1.29, 1.82) is 0 Å². The number of unbranched alkanes of at least 4 members (excludes halogenated alkanes) is 6. The lowest BCUT2D eigenvalue weighted by atomic mass is 9.75. The van der Waals surface area contributed by atoms with Gasteiger partial charge in [0.1, 0.15) is 5.67 Å². The van der Waals surface area contributed by atoms with Crippen molar-refractivity contribution in [3.05, 3.63) is 0 Å². The van der Waals surface area contributed by atoms with Gasteiger partial charge in [-0.2, -0.15) is 0 Å². The van der Waals surface area contributed by atoms with E-state index in [0.717, 1.165) is 12.8 Å². The summed E-state index contributed by atoms with van der Waals surface area (Å²) in [5, 5.41) is 0. The second-order valence-electron chi connectivity index (χ2n) is 6.29. The first-order valence-electron chi connectivity index (χ1n) is 7.26. The monoisotopic (exact) mass is 245 g/mol. The molecular weight excluding hydrogens is 213 g/mol. The van der Waals surface area contributed by atoms with Gasteiger partial charge in [0.05, 0.1) is 0 Å². The second-order valence-corrected chi connectivity index (χ2v) is 6.29. The van der Waals surface area contributed by atoms with Gasteiger partial charge in [0.25, 0.3) is 0 Å². The fourth-order valence-electron chi connectivity index (χ4n) is 2.15. The molecule has 1 unspecified atom stereocenters. The molecule has 0 aromatic rings. The first-order valence-corrected chi connectivity index (χ1v) is 7.26. The van der Waals surface area contributed by atoms with Crippen LogP contribution < -0.4 is 5.73 Å². The number of nitrogens with two attached hydrogens (primary N) is 1. The Morgan fingerprint density at radius 1 is 0.882 bits per heavy atom. The minimum atomic E-state index is -1.20. The number of alkyl halides is 1. The summed E-state index contributed by atoms with van der Waals surface area (Å²) in [6.07, 6.45) is 9.20. The molecule has 1 atom stereocenters. The van der Waals surface area contributed by atoms with Crippen LogP contribution >= 0.6 is 0 Å². The van der Waals surface area contributed by atoms with Crippen LogP contribution in [-0.4, -0.2) is 12.2 Å². The Kier molecular flexibility index (Phi) is 8.02. The molecule has 0 aromatic carbocycles. The van der Waals surface area contributed by atoms with E-state index in [1.54, 1.807) is 0 Å². The molecule has 0 aliphatic carbocycles. The predicted octanol–water partition coefficient (Wildman–Crippen LogP) is 4.84. The molecule has 0 rings (SSSR count). The van der Waals surface area contributed by atoms with Crippen molar-refractivity contribution in [3.63, 3.8) is 0 Å². The third kappa shape index (κ3) is 6.40. The number of halogens is 1. The van der Waals surface area contributed by atoms with Gasteiger partial charge in [0.2, 0.25) is 0 Å². The van der Waals surface area contributed by atoms with Crippen molar-refractivity contribution in [2.75, 3.05) is 6.54 Å². The van der Waals surface area contributed by atoms with E-state index in [1.807, 2.05) is 20.8 Å². The topological polar surface area (TPSA) is 26.0 Å². The fraction of sp³-hybridized carbons (Fsp3) is 1.00. The van der Waals surface area contributed by atoms with Crippen molar-refractivity contribution < 1.29 is 4.39 Å². The van der Waals surface area contributed by atoms with E-state index in [2.05, 4.69) is 6.92 Å². The number of hydrogen-bond acceptors (Lipinski definition) is 1. The molecule has 0 aliphatic heterocycles. The predicted molar refractivity (Wildman–Crippen MR) is 75.0 cm³/mol. The molecule has 104 valence electrons. The van der Waals surface area contributed by atoms with Crippen LogP contribution in [0.5, 0.6) is 0 Å². The molecule has 0 aliphatic rings. The third-order valence-corrected chi connectivity index (χ3v) is 3.84. The molecule has 2 heteroatoms. The lowest BCUT2D eigenvalue weighted by Crippen LogP contribution is -2.45. The highest BCUT2D eigenvalue weighted by atomic mass is 19.1. The molecule has 2 N–H and O–H groups in total. The van der Waals surface area contributed by atoms with Gasteiger partial charge < -0.3 is 5.73 Å². The molecule has 0 saturated carbocycles. The first-order chi connectivity index (χ1) is 7.87. The standard InChI is InChI=1S/C15H32FN/c1-5-6-7-8-9-10-11-12-15(16,13-17)14(2,3)4/h5-13,17H2,1-4H3. The van der Waals surface area contributed by atoms with Gasteiger partial charge in [-0.25, -0.2) is 4.39 Å². The lowest BCUT2D eigenvalue weighted by Gasteiger charge is -2.37. The zero-order valence-electron chi connectivity index (χ0n) is 12.3. The van der Waals surface area contributed by atoms with Crippen LogP contribution in [0, 0.1) is 5.41 Å². The van der Waals surface area contributed by atoms with Crippen LogP contribution in [0.25, 0.3) is 0 Å². The molecule has 0 radical (unpaired) electrons. The van der Waals surface area contributed by atoms with E-state index < -0.39 is 5.67 Å². The van der Waals surface area contributed by atoms with E-state index in [-0.39, 0.29) is 12.0 Å². The highest BCUT2D eigenvalue weighted by molar-refractivity contribution is 4.91. The molecule has 1 nitrogen and oxygen atoms in total. The van der Waals surface area contributed by atoms with Crippen LogP contribution in [0.4, 0.5) is 4.39 Å². The molecule has 17 heavy (non-hydrogen) atoms. The molecule has 0 aromatic heterocycles. The minimum Gasteiger partial charge on any atom is -0.328 e. The first kappa shape index (κ1) is 16.9. The van der Waals surface area contributed by atoms with Gasteiger partial charge in [-0.15, -0.1) is 0 Å². The second kappa shape index (κ2) is 8.07. The summed E-state index contributed by atoms with van der Waals surface area (Å²) in [7, 11) is 0. The zero-order valence-corrected chi connectivity index (χ0v) is 12.3. The van der Waals surface area contributed by atoms with Gasteiger partial charge in [0.15, 0.2) is 0 Å². The Bertz CT molecular complexity index is 186. The summed E-state index contributed by atoms with van der Waals surface area (Å²) in [5.74, 6) is 0. The van der Waals surface area contributed by atoms with Crippen LogP contribution in [0.15, 0.2) is 0 Å². The van der Waals surface area contributed by atoms with Crippen LogP contribution in [-0.2, 0) is 0 Å². The van der Waals surface area contributed by atoms with Crippen molar-refractivity contribution in [1.82, 2.24) is 0 Å². The van der Waals surface area contributed by atoms with Gasteiger partial charge in [-0.1, -0.05) is 72.6 Å².